The molecule has 0 bridgehead atoms. The lowest BCUT2D eigenvalue weighted by atomic mass is 9.74. The van der Waals surface area contributed by atoms with Crippen molar-refractivity contribution in [1.29, 1.82) is 0 Å². The van der Waals surface area contributed by atoms with Gasteiger partial charge in [-0.25, -0.2) is 0 Å². The summed E-state index contributed by atoms with van der Waals surface area (Å²) in [5, 5.41) is 4.55. The number of benzene rings is 4. The second-order valence-electron chi connectivity index (χ2n) is 7.04. The van der Waals surface area contributed by atoms with Gasteiger partial charge in [0.2, 0.25) is 5.91 Å². The molecule has 0 aliphatic heterocycles. The standard InChI is InChI=1S/C24H21NO/c1-24(23(25)26,22-15-7-11-18-9-3-5-14-21(18)22)16-19-12-6-10-17-8-2-4-13-20(17)19/h2-15H,16H2,1H3,(H2,25,26). The zero-order valence-electron chi connectivity index (χ0n) is 14.8. The van der Waals surface area contributed by atoms with E-state index in [0.29, 0.717) is 6.42 Å². The van der Waals surface area contributed by atoms with E-state index in [2.05, 4.69) is 42.5 Å². The van der Waals surface area contributed by atoms with Gasteiger partial charge in [-0.1, -0.05) is 84.9 Å². The van der Waals surface area contributed by atoms with Crippen molar-refractivity contribution in [1.82, 2.24) is 0 Å². The number of hydrogen-bond acceptors (Lipinski definition) is 1. The van der Waals surface area contributed by atoms with Crippen molar-refractivity contribution in [2.75, 3.05) is 0 Å². The molecule has 1 amide bonds. The molecular formula is C24H21NO. The number of nitrogens with two attached hydrogens (primary N) is 1. The first-order valence-corrected chi connectivity index (χ1v) is 8.84. The summed E-state index contributed by atoms with van der Waals surface area (Å²) in [6.07, 6.45) is 0.567. The minimum absolute atomic E-state index is 0.304. The van der Waals surface area contributed by atoms with Crippen LogP contribution >= 0.6 is 0 Å². The van der Waals surface area contributed by atoms with Crippen LogP contribution in [0.3, 0.4) is 0 Å². The summed E-state index contributed by atoms with van der Waals surface area (Å²) >= 11 is 0. The second-order valence-corrected chi connectivity index (χ2v) is 7.04. The molecule has 0 aliphatic rings. The summed E-state index contributed by atoms with van der Waals surface area (Å²) < 4.78 is 0. The van der Waals surface area contributed by atoms with Gasteiger partial charge >= 0.3 is 0 Å². The van der Waals surface area contributed by atoms with Crippen molar-refractivity contribution in [3.63, 3.8) is 0 Å². The molecule has 0 radical (unpaired) electrons. The Hall–Kier alpha value is -3.13. The van der Waals surface area contributed by atoms with Crippen LogP contribution in [-0.4, -0.2) is 5.91 Å². The van der Waals surface area contributed by atoms with Crippen LogP contribution < -0.4 is 5.73 Å². The SMILES string of the molecule is CC(Cc1cccc2ccccc12)(C(N)=O)c1cccc2ccccc12. The van der Waals surface area contributed by atoms with Gasteiger partial charge in [-0.15, -0.1) is 0 Å². The lowest BCUT2D eigenvalue weighted by Gasteiger charge is -2.29. The lowest BCUT2D eigenvalue weighted by Crippen LogP contribution is -2.40. The van der Waals surface area contributed by atoms with Crippen LogP contribution in [0.2, 0.25) is 0 Å². The summed E-state index contributed by atoms with van der Waals surface area (Å²) in [5.41, 5.74) is 7.28. The fourth-order valence-electron chi connectivity index (χ4n) is 3.85. The number of carbonyl (C=O) groups is 1. The molecule has 0 fully saturated rings. The molecule has 2 N–H and O–H groups in total. The first-order valence-electron chi connectivity index (χ1n) is 8.84. The molecule has 0 saturated heterocycles. The van der Waals surface area contributed by atoms with Gasteiger partial charge in [-0.2, -0.15) is 0 Å². The van der Waals surface area contributed by atoms with E-state index in [0.717, 1.165) is 21.9 Å². The van der Waals surface area contributed by atoms with Gasteiger partial charge in [-0.3, -0.25) is 4.79 Å². The van der Waals surface area contributed by atoms with Crippen molar-refractivity contribution >= 4 is 27.5 Å². The topological polar surface area (TPSA) is 43.1 Å². The van der Waals surface area contributed by atoms with Crippen LogP contribution in [0.4, 0.5) is 0 Å². The second kappa shape index (κ2) is 6.30. The van der Waals surface area contributed by atoms with Crippen molar-refractivity contribution in [2.24, 2.45) is 5.73 Å². The van der Waals surface area contributed by atoms with Crippen LogP contribution in [0, 0.1) is 0 Å². The van der Waals surface area contributed by atoms with E-state index in [9.17, 15) is 4.79 Å². The van der Waals surface area contributed by atoms with E-state index in [1.165, 1.54) is 10.8 Å². The molecule has 0 aliphatic carbocycles. The molecule has 4 aromatic rings. The molecule has 4 rings (SSSR count). The van der Waals surface area contributed by atoms with E-state index >= 15 is 0 Å². The van der Waals surface area contributed by atoms with Crippen LogP contribution in [-0.2, 0) is 16.6 Å². The summed E-state index contributed by atoms with van der Waals surface area (Å²) in [5.74, 6) is -0.304. The Morgan fingerprint density at radius 3 is 2.00 bits per heavy atom. The number of hydrogen-bond donors (Lipinski definition) is 1. The Kier molecular flexibility index (Phi) is 3.96. The molecule has 0 spiro atoms. The minimum atomic E-state index is -0.787. The predicted octanol–water partition coefficient (Wildman–Crippen LogP) is 4.98. The third-order valence-electron chi connectivity index (χ3n) is 5.35. The average Bonchev–Trinajstić information content (AvgIpc) is 2.67. The predicted molar refractivity (Wildman–Crippen MR) is 108 cm³/mol. The molecule has 1 atom stereocenters. The highest BCUT2D eigenvalue weighted by molar-refractivity contribution is 5.96. The smallest absolute Gasteiger partial charge is 0.228 e. The van der Waals surface area contributed by atoms with Gasteiger partial charge in [0.1, 0.15) is 0 Å². The molecule has 0 heterocycles. The van der Waals surface area contributed by atoms with Gasteiger partial charge in [-0.05, 0) is 46.0 Å². The number of amides is 1. The molecule has 0 saturated carbocycles. The quantitative estimate of drug-likeness (QED) is 0.560. The number of carbonyl (C=O) groups excluding carboxylic acids is 1. The monoisotopic (exact) mass is 339 g/mol. The highest BCUT2D eigenvalue weighted by Gasteiger charge is 2.35. The minimum Gasteiger partial charge on any atom is -0.369 e. The van der Waals surface area contributed by atoms with Gasteiger partial charge < -0.3 is 5.73 Å². The van der Waals surface area contributed by atoms with Crippen molar-refractivity contribution < 1.29 is 4.79 Å². The summed E-state index contributed by atoms with van der Waals surface area (Å²) in [6, 6.07) is 28.7. The summed E-state index contributed by atoms with van der Waals surface area (Å²) in [7, 11) is 0. The molecule has 26 heavy (non-hydrogen) atoms. The summed E-state index contributed by atoms with van der Waals surface area (Å²) in [4.78, 5) is 12.6. The Balaban J connectivity index is 1.91. The molecule has 2 nitrogen and oxygen atoms in total. The van der Waals surface area contributed by atoms with Crippen molar-refractivity contribution in [2.45, 2.75) is 18.8 Å². The molecule has 1 unspecified atom stereocenters. The lowest BCUT2D eigenvalue weighted by molar-refractivity contribution is -0.122. The fourth-order valence-corrected chi connectivity index (χ4v) is 3.85. The Labute approximate surface area is 153 Å². The van der Waals surface area contributed by atoms with Gasteiger partial charge in [0, 0.05) is 0 Å². The molecule has 128 valence electrons. The third kappa shape index (κ3) is 2.64. The maximum absolute atomic E-state index is 12.6. The van der Waals surface area contributed by atoms with Crippen LogP contribution in [0.15, 0.2) is 84.9 Å². The van der Waals surface area contributed by atoms with Gasteiger partial charge in [0.15, 0.2) is 0 Å². The van der Waals surface area contributed by atoms with E-state index in [1.807, 2.05) is 49.4 Å². The number of fused-ring (bicyclic) bond motifs is 2. The first-order chi connectivity index (χ1) is 12.6. The number of primary amides is 1. The average molecular weight is 339 g/mol. The molecule has 4 aromatic carbocycles. The van der Waals surface area contributed by atoms with Crippen molar-refractivity contribution in [3.05, 3.63) is 96.1 Å². The van der Waals surface area contributed by atoms with E-state index in [-0.39, 0.29) is 5.91 Å². The van der Waals surface area contributed by atoms with E-state index < -0.39 is 5.41 Å². The molecule has 2 heteroatoms. The zero-order chi connectivity index (χ0) is 18.1. The normalized spacial score (nSPS) is 13.6. The van der Waals surface area contributed by atoms with E-state index in [4.69, 9.17) is 5.73 Å². The Morgan fingerprint density at radius 2 is 1.31 bits per heavy atom. The fraction of sp³-hybridized carbons (Fsp3) is 0.125. The van der Waals surface area contributed by atoms with Crippen LogP contribution in [0.1, 0.15) is 18.1 Å². The molecule has 0 aromatic heterocycles. The largest absolute Gasteiger partial charge is 0.369 e. The van der Waals surface area contributed by atoms with Crippen LogP contribution in [0.5, 0.6) is 0 Å². The van der Waals surface area contributed by atoms with E-state index in [1.54, 1.807) is 0 Å². The van der Waals surface area contributed by atoms with Crippen LogP contribution in [0.25, 0.3) is 21.5 Å². The van der Waals surface area contributed by atoms with Crippen molar-refractivity contribution in [3.8, 4) is 0 Å². The highest BCUT2D eigenvalue weighted by Crippen LogP contribution is 2.35. The number of rotatable bonds is 4. The Bertz CT molecular complexity index is 1100. The highest BCUT2D eigenvalue weighted by atomic mass is 16.1. The first kappa shape index (κ1) is 16.3. The Morgan fingerprint density at radius 1 is 0.769 bits per heavy atom. The maximum Gasteiger partial charge on any atom is 0.228 e. The van der Waals surface area contributed by atoms with Gasteiger partial charge in [0.05, 0.1) is 5.41 Å². The zero-order valence-corrected chi connectivity index (χ0v) is 14.8. The molecular weight excluding hydrogens is 318 g/mol. The van der Waals surface area contributed by atoms with Gasteiger partial charge in [0.25, 0.3) is 0 Å². The third-order valence-corrected chi connectivity index (χ3v) is 5.35. The summed E-state index contributed by atoms with van der Waals surface area (Å²) in [6.45, 7) is 1.96. The maximum atomic E-state index is 12.6.